The highest BCUT2D eigenvalue weighted by atomic mass is 16.2. The molecule has 2 saturated heterocycles. The van der Waals surface area contributed by atoms with E-state index < -0.39 is 0 Å². The molecule has 2 aromatic rings. The van der Waals surface area contributed by atoms with Crippen molar-refractivity contribution in [3.63, 3.8) is 0 Å². The second kappa shape index (κ2) is 6.57. The van der Waals surface area contributed by atoms with Crippen LogP contribution in [-0.2, 0) is 0 Å². The van der Waals surface area contributed by atoms with Gasteiger partial charge in [-0.2, -0.15) is 0 Å². The molecule has 2 fully saturated rings. The van der Waals surface area contributed by atoms with Crippen LogP contribution in [0.3, 0.4) is 0 Å². The van der Waals surface area contributed by atoms with E-state index >= 15 is 0 Å². The number of hydrogen-bond acceptors (Lipinski definition) is 4. The summed E-state index contributed by atoms with van der Waals surface area (Å²) >= 11 is 0. The summed E-state index contributed by atoms with van der Waals surface area (Å²) in [5.41, 5.74) is 1.17. The van der Waals surface area contributed by atoms with E-state index in [0.717, 1.165) is 25.9 Å². The minimum Gasteiger partial charge on any atom is -0.317 e. The van der Waals surface area contributed by atoms with Gasteiger partial charge < -0.3 is 10.2 Å². The summed E-state index contributed by atoms with van der Waals surface area (Å²) < 4.78 is 0. The SMILES string of the molecule is O=C1N(c2ncccn2)CC(c2ccccc2)N1C1CCNCC1. The van der Waals surface area contributed by atoms with Gasteiger partial charge in [-0.05, 0) is 37.6 Å². The maximum atomic E-state index is 13.1. The van der Waals surface area contributed by atoms with Crippen LogP contribution in [0.25, 0.3) is 0 Å². The lowest BCUT2D eigenvalue weighted by Crippen LogP contribution is -2.46. The fraction of sp³-hybridized carbons (Fsp3) is 0.389. The molecule has 0 aliphatic carbocycles. The summed E-state index contributed by atoms with van der Waals surface area (Å²) in [5, 5.41) is 3.37. The van der Waals surface area contributed by atoms with Crippen molar-refractivity contribution < 1.29 is 4.79 Å². The minimum absolute atomic E-state index is 0.0157. The Morgan fingerprint density at radius 1 is 1.00 bits per heavy atom. The Hall–Kier alpha value is -2.47. The molecule has 2 aliphatic rings. The van der Waals surface area contributed by atoms with Crippen molar-refractivity contribution in [1.29, 1.82) is 0 Å². The van der Waals surface area contributed by atoms with E-state index in [1.54, 1.807) is 23.4 Å². The maximum absolute atomic E-state index is 13.1. The van der Waals surface area contributed by atoms with Gasteiger partial charge in [0.05, 0.1) is 12.6 Å². The van der Waals surface area contributed by atoms with Gasteiger partial charge in [0.2, 0.25) is 5.95 Å². The van der Waals surface area contributed by atoms with Crippen molar-refractivity contribution in [2.45, 2.75) is 24.9 Å². The fourth-order valence-corrected chi connectivity index (χ4v) is 3.65. The molecule has 1 N–H and O–H groups in total. The molecular formula is C18H21N5O. The standard InChI is InChI=1S/C18H21N5O/c24-18-22(17-20-9-4-10-21-17)13-16(14-5-2-1-3-6-14)23(18)15-7-11-19-12-8-15/h1-6,9-10,15-16,19H,7-8,11-13H2. The van der Waals surface area contributed by atoms with Crippen molar-refractivity contribution in [2.75, 3.05) is 24.5 Å². The van der Waals surface area contributed by atoms with Crippen molar-refractivity contribution in [2.24, 2.45) is 0 Å². The van der Waals surface area contributed by atoms with Gasteiger partial charge in [-0.3, -0.25) is 4.90 Å². The molecule has 6 nitrogen and oxygen atoms in total. The van der Waals surface area contributed by atoms with Gasteiger partial charge in [-0.25, -0.2) is 14.8 Å². The number of urea groups is 1. The third-order valence-corrected chi connectivity index (χ3v) is 4.82. The molecule has 1 atom stereocenters. The number of rotatable bonds is 3. The van der Waals surface area contributed by atoms with Gasteiger partial charge in [0.15, 0.2) is 0 Å². The Labute approximate surface area is 141 Å². The minimum atomic E-state index is 0.0157. The average Bonchev–Trinajstić information content (AvgIpc) is 3.01. The molecule has 0 spiro atoms. The number of carbonyl (C=O) groups is 1. The van der Waals surface area contributed by atoms with E-state index in [2.05, 4.69) is 27.4 Å². The number of amides is 2. The lowest BCUT2D eigenvalue weighted by Gasteiger charge is -2.35. The van der Waals surface area contributed by atoms with E-state index in [1.807, 2.05) is 23.1 Å². The van der Waals surface area contributed by atoms with E-state index in [0.29, 0.717) is 12.5 Å². The Morgan fingerprint density at radius 2 is 1.71 bits per heavy atom. The first-order valence-electron chi connectivity index (χ1n) is 8.47. The van der Waals surface area contributed by atoms with Gasteiger partial charge >= 0.3 is 6.03 Å². The zero-order valence-electron chi connectivity index (χ0n) is 13.5. The van der Waals surface area contributed by atoms with Crippen molar-refractivity contribution in [1.82, 2.24) is 20.2 Å². The van der Waals surface area contributed by atoms with Crippen molar-refractivity contribution >= 4 is 12.0 Å². The number of benzene rings is 1. The lowest BCUT2D eigenvalue weighted by atomic mass is 10.00. The summed E-state index contributed by atoms with van der Waals surface area (Å²) in [6.07, 6.45) is 5.33. The van der Waals surface area contributed by atoms with Crippen molar-refractivity contribution in [3.8, 4) is 0 Å². The molecule has 0 radical (unpaired) electrons. The van der Waals surface area contributed by atoms with E-state index in [-0.39, 0.29) is 18.1 Å². The number of nitrogens with zero attached hydrogens (tertiary/aromatic N) is 4. The van der Waals surface area contributed by atoms with Crippen molar-refractivity contribution in [3.05, 3.63) is 54.4 Å². The van der Waals surface area contributed by atoms with Crippen LogP contribution in [-0.4, -0.2) is 46.6 Å². The molecule has 3 heterocycles. The second-order valence-corrected chi connectivity index (χ2v) is 6.26. The number of carbonyl (C=O) groups excluding carboxylic acids is 1. The number of aromatic nitrogens is 2. The monoisotopic (exact) mass is 323 g/mol. The third kappa shape index (κ3) is 2.73. The highest BCUT2D eigenvalue weighted by molar-refractivity contribution is 5.93. The first-order chi connectivity index (χ1) is 11.8. The van der Waals surface area contributed by atoms with E-state index in [9.17, 15) is 4.79 Å². The Balaban J connectivity index is 1.68. The largest absolute Gasteiger partial charge is 0.327 e. The summed E-state index contributed by atoms with van der Waals surface area (Å²) in [5.74, 6) is 0.486. The highest BCUT2D eigenvalue weighted by Crippen LogP contribution is 2.35. The van der Waals surface area contributed by atoms with E-state index in [4.69, 9.17) is 0 Å². The van der Waals surface area contributed by atoms with Crippen LogP contribution in [0.4, 0.5) is 10.7 Å². The maximum Gasteiger partial charge on any atom is 0.327 e. The van der Waals surface area contributed by atoms with Crippen LogP contribution in [0.2, 0.25) is 0 Å². The first kappa shape index (κ1) is 15.1. The molecule has 1 unspecified atom stereocenters. The number of piperidine rings is 1. The molecule has 124 valence electrons. The molecule has 0 bridgehead atoms. The Kier molecular flexibility index (Phi) is 4.13. The lowest BCUT2D eigenvalue weighted by molar-refractivity contribution is 0.158. The van der Waals surface area contributed by atoms with Gasteiger partial charge in [0.1, 0.15) is 0 Å². The van der Waals surface area contributed by atoms with Gasteiger partial charge in [-0.1, -0.05) is 30.3 Å². The average molecular weight is 323 g/mol. The molecular weight excluding hydrogens is 302 g/mol. The first-order valence-corrected chi connectivity index (χ1v) is 8.47. The van der Waals surface area contributed by atoms with Gasteiger partial charge in [0, 0.05) is 18.4 Å². The van der Waals surface area contributed by atoms with Crippen LogP contribution in [0, 0.1) is 0 Å². The summed E-state index contributed by atoms with van der Waals surface area (Å²) in [7, 11) is 0. The molecule has 1 aromatic carbocycles. The van der Waals surface area contributed by atoms with Crippen LogP contribution in [0.15, 0.2) is 48.8 Å². The summed E-state index contributed by atoms with van der Waals surface area (Å²) in [4.78, 5) is 25.4. The van der Waals surface area contributed by atoms with Gasteiger partial charge in [-0.15, -0.1) is 0 Å². The second-order valence-electron chi connectivity index (χ2n) is 6.26. The molecule has 1 aromatic heterocycles. The quantitative estimate of drug-likeness (QED) is 0.941. The molecule has 24 heavy (non-hydrogen) atoms. The molecule has 2 amide bonds. The zero-order valence-corrected chi connectivity index (χ0v) is 13.5. The fourth-order valence-electron chi connectivity index (χ4n) is 3.65. The van der Waals surface area contributed by atoms with Crippen LogP contribution < -0.4 is 10.2 Å². The van der Waals surface area contributed by atoms with E-state index in [1.165, 1.54) is 5.56 Å². The molecule has 6 heteroatoms. The third-order valence-electron chi connectivity index (χ3n) is 4.82. The number of hydrogen-bond donors (Lipinski definition) is 1. The predicted octanol–water partition coefficient (Wildman–Crippen LogP) is 2.21. The smallest absolute Gasteiger partial charge is 0.317 e. The number of anilines is 1. The topological polar surface area (TPSA) is 61.4 Å². The summed E-state index contributed by atoms with van der Waals surface area (Å²) in [6, 6.07) is 12.4. The Bertz CT molecular complexity index is 687. The zero-order chi connectivity index (χ0) is 16.4. The molecule has 2 aliphatic heterocycles. The molecule has 0 saturated carbocycles. The number of nitrogens with one attached hydrogen (secondary N) is 1. The van der Waals surface area contributed by atoms with Crippen LogP contribution in [0.5, 0.6) is 0 Å². The normalized spacial score (nSPS) is 22.2. The van der Waals surface area contributed by atoms with Crippen LogP contribution >= 0.6 is 0 Å². The highest BCUT2D eigenvalue weighted by Gasteiger charge is 2.43. The Morgan fingerprint density at radius 3 is 2.42 bits per heavy atom. The summed E-state index contributed by atoms with van der Waals surface area (Å²) in [6.45, 7) is 2.51. The van der Waals surface area contributed by atoms with Crippen LogP contribution in [0.1, 0.15) is 24.4 Å². The predicted molar refractivity (Wildman–Crippen MR) is 91.7 cm³/mol. The molecule has 4 rings (SSSR count). The van der Waals surface area contributed by atoms with Gasteiger partial charge in [0.25, 0.3) is 0 Å².